The normalized spacial score (nSPS) is 11.6. The lowest BCUT2D eigenvalue weighted by Gasteiger charge is -2.17. The van der Waals surface area contributed by atoms with Crippen molar-refractivity contribution in [2.45, 2.75) is 11.3 Å². The second kappa shape index (κ2) is 9.19. The average molecular weight is 480 g/mol. The van der Waals surface area contributed by atoms with Crippen LogP contribution in [0.25, 0.3) is 0 Å². The standard InChI is InChI=1S/C17H17BrCl2N2O3S/c1-22(26(24,25)15-6-3-13(18)4-7-15)11-17(23)21-9-8-12-2-5-14(19)10-16(12)20/h2-7,10H,8-9,11H2,1H3,(H,21,23). The minimum absolute atomic E-state index is 0.129. The number of sulfonamides is 1. The van der Waals surface area contributed by atoms with Crippen molar-refractivity contribution in [1.29, 1.82) is 0 Å². The van der Waals surface area contributed by atoms with Crippen LogP contribution in [0.4, 0.5) is 0 Å². The van der Waals surface area contributed by atoms with E-state index in [0.29, 0.717) is 23.0 Å². The molecule has 2 aromatic carbocycles. The zero-order chi connectivity index (χ0) is 19.3. The molecule has 0 spiro atoms. The summed E-state index contributed by atoms with van der Waals surface area (Å²) in [7, 11) is -2.36. The quantitative estimate of drug-likeness (QED) is 0.657. The van der Waals surface area contributed by atoms with Gasteiger partial charge < -0.3 is 5.32 Å². The number of benzene rings is 2. The number of hydrogen-bond acceptors (Lipinski definition) is 3. The smallest absolute Gasteiger partial charge is 0.243 e. The number of rotatable bonds is 7. The van der Waals surface area contributed by atoms with Gasteiger partial charge in [-0.15, -0.1) is 0 Å². The first-order valence-corrected chi connectivity index (χ1v) is 10.6. The van der Waals surface area contributed by atoms with Crippen LogP contribution in [0.5, 0.6) is 0 Å². The van der Waals surface area contributed by atoms with Gasteiger partial charge in [0.25, 0.3) is 0 Å². The number of carbonyl (C=O) groups excluding carboxylic acids is 1. The molecule has 0 atom stereocenters. The highest BCUT2D eigenvalue weighted by molar-refractivity contribution is 9.10. The molecule has 2 aromatic rings. The van der Waals surface area contributed by atoms with Crippen LogP contribution in [0.2, 0.25) is 10.0 Å². The van der Waals surface area contributed by atoms with Gasteiger partial charge in [0.05, 0.1) is 11.4 Å². The molecule has 0 saturated heterocycles. The minimum Gasteiger partial charge on any atom is -0.355 e. The van der Waals surface area contributed by atoms with E-state index in [1.165, 1.54) is 19.2 Å². The number of hydrogen-bond donors (Lipinski definition) is 1. The molecule has 0 fully saturated rings. The van der Waals surface area contributed by atoms with Crippen molar-refractivity contribution in [2.75, 3.05) is 20.1 Å². The van der Waals surface area contributed by atoms with Crippen LogP contribution in [-0.4, -0.2) is 38.8 Å². The van der Waals surface area contributed by atoms with Gasteiger partial charge in [0.1, 0.15) is 0 Å². The Kier molecular flexibility index (Phi) is 7.49. The third kappa shape index (κ3) is 5.69. The zero-order valence-electron chi connectivity index (χ0n) is 13.9. The third-order valence-corrected chi connectivity index (χ3v) is 6.55. The first-order chi connectivity index (χ1) is 12.2. The predicted octanol–water partition coefficient (Wildman–Crippen LogP) is 3.74. The van der Waals surface area contributed by atoms with Gasteiger partial charge in [0.15, 0.2) is 0 Å². The molecule has 0 radical (unpaired) electrons. The highest BCUT2D eigenvalue weighted by atomic mass is 79.9. The zero-order valence-corrected chi connectivity index (χ0v) is 17.8. The SMILES string of the molecule is CN(CC(=O)NCCc1ccc(Cl)cc1Cl)S(=O)(=O)c1ccc(Br)cc1. The Morgan fingerprint density at radius 1 is 1.15 bits per heavy atom. The van der Waals surface area contributed by atoms with Crippen LogP contribution in [0, 0.1) is 0 Å². The number of halogens is 3. The van der Waals surface area contributed by atoms with E-state index < -0.39 is 15.9 Å². The van der Waals surface area contributed by atoms with Gasteiger partial charge in [-0.1, -0.05) is 45.2 Å². The van der Waals surface area contributed by atoms with Gasteiger partial charge in [-0.05, 0) is 48.4 Å². The summed E-state index contributed by atoms with van der Waals surface area (Å²) in [5, 5.41) is 3.77. The van der Waals surface area contributed by atoms with Crippen LogP contribution >= 0.6 is 39.1 Å². The Morgan fingerprint density at radius 3 is 2.42 bits per heavy atom. The number of nitrogens with zero attached hydrogens (tertiary/aromatic N) is 1. The minimum atomic E-state index is -3.72. The highest BCUT2D eigenvalue weighted by Crippen LogP contribution is 2.21. The second-order valence-electron chi connectivity index (χ2n) is 5.55. The van der Waals surface area contributed by atoms with Crippen molar-refractivity contribution in [3.8, 4) is 0 Å². The number of nitrogens with one attached hydrogen (secondary N) is 1. The molecule has 1 N–H and O–H groups in total. The van der Waals surface area contributed by atoms with Gasteiger partial charge in [0, 0.05) is 28.1 Å². The molecule has 5 nitrogen and oxygen atoms in total. The molecule has 140 valence electrons. The molecular formula is C17H17BrCl2N2O3S. The van der Waals surface area contributed by atoms with Gasteiger partial charge in [-0.25, -0.2) is 8.42 Å². The summed E-state index contributed by atoms with van der Waals surface area (Å²) >= 11 is 15.2. The molecule has 0 aliphatic rings. The van der Waals surface area contributed by atoms with Crippen molar-refractivity contribution in [3.05, 3.63) is 62.5 Å². The summed E-state index contributed by atoms with van der Waals surface area (Å²) < 4.78 is 26.7. The Labute approximate surface area is 171 Å². The van der Waals surface area contributed by atoms with Gasteiger partial charge in [0.2, 0.25) is 15.9 Å². The van der Waals surface area contributed by atoms with Crippen molar-refractivity contribution >= 4 is 55.1 Å². The summed E-state index contributed by atoms with van der Waals surface area (Å²) in [5.41, 5.74) is 0.854. The van der Waals surface area contributed by atoms with Crippen LogP contribution in [0.3, 0.4) is 0 Å². The molecule has 26 heavy (non-hydrogen) atoms. The van der Waals surface area contributed by atoms with Crippen LogP contribution in [-0.2, 0) is 21.2 Å². The van der Waals surface area contributed by atoms with E-state index in [0.717, 1.165) is 14.3 Å². The molecule has 9 heteroatoms. The summed E-state index contributed by atoms with van der Waals surface area (Å²) in [4.78, 5) is 12.2. The summed E-state index contributed by atoms with van der Waals surface area (Å²) in [5.74, 6) is -0.390. The van der Waals surface area contributed by atoms with Crippen molar-refractivity contribution < 1.29 is 13.2 Å². The van der Waals surface area contributed by atoms with E-state index in [4.69, 9.17) is 23.2 Å². The molecule has 0 saturated carbocycles. The highest BCUT2D eigenvalue weighted by Gasteiger charge is 2.22. The van der Waals surface area contributed by atoms with Crippen molar-refractivity contribution in [2.24, 2.45) is 0 Å². The lowest BCUT2D eigenvalue weighted by Crippen LogP contribution is -2.39. The molecule has 1 amide bonds. The number of carbonyl (C=O) groups is 1. The van der Waals surface area contributed by atoms with Gasteiger partial charge in [-0.3, -0.25) is 4.79 Å². The van der Waals surface area contributed by atoms with Gasteiger partial charge >= 0.3 is 0 Å². The lowest BCUT2D eigenvalue weighted by atomic mass is 10.1. The van der Waals surface area contributed by atoms with Crippen LogP contribution in [0.15, 0.2) is 51.8 Å². The monoisotopic (exact) mass is 478 g/mol. The number of likely N-dealkylation sites (N-methyl/N-ethyl adjacent to an activating group) is 1. The van der Waals surface area contributed by atoms with E-state index in [-0.39, 0.29) is 11.4 Å². The number of amides is 1. The molecule has 0 bridgehead atoms. The van der Waals surface area contributed by atoms with E-state index in [2.05, 4.69) is 21.2 Å². The van der Waals surface area contributed by atoms with Crippen molar-refractivity contribution in [3.63, 3.8) is 0 Å². The van der Waals surface area contributed by atoms with E-state index >= 15 is 0 Å². The van der Waals surface area contributed by atoms with E-state index in [1.54, 1.807) is 30.3 Å². The lowest BCUT2D eigenvalue weighted by molar-refractivity contribution is -0.121. The first-order valence-electron chi connectivity index (χ1n) is 7.62. The first kappa shape index (κ1) is 21.2. The Hall–Kier alpha value is -1.12. The van der Waals surface area contributed by atoms with Crippen LogP contribution < -0.4 is 5.32 Å². The molecule has 0 aliphatic carbocycles. The fraction of sp³-hybridized carbons (Fsp3) is 0.235. The average Bonchev–Trinajstić information content (AvgIpc) is 2.57. The topological polar surface area (TPSA) is 66.5 Å². The molecule has 0 heterocycles. The largest absolute Gasteiger partial charge is 0.355 e. The molecular weight excluding hydrogens is 463 g/mol. The Balaban J connectivity index is 1.89. The van der Waals surface area contributed by atoms with Gasteiger partial charge in [-0.2, -0.15) is 4.31 Å². The molecule has 0 aromatic heterocycles. The Morgan fingerprint density at radius 2 is 1.81 bits per heavy atom. The maximum atomic E-state index is 12.5. The Bertz CT molecular complexity index is 889. The van der Waals surface area contributed by atoms with E-state index in [1.807, 2.05) is 0 Å². The molecule has 0 unspecified atom stereocenters. The fourth-order valence-electron chi connectivity index (χ4n) is 2.19. The third-order valence-electron chi connectivity index (χ3n) is 3.62. The molecule has 0 aliphatic heterocycles. The molecule has 2 rings (SSSR count). The maximum absolute atomic E-state index is 12.5. The van der Waals surface area contributed by atoms with Crippen molar-refractivity contribution in [1.82, 2.24) is 9.62 Å². The van der Waals surface area contributed by atoms with E-state index in [9.17, 15) is 13.2 Å². The predicted molar refractivity (Wildman–Crippen MR) is 107 cm³/mol. The van der Waals surface area contributed by atoms with Crippen LogP contribution in [0.1, 0.15) is 5.56 Å². The summed E-state index contributed by atoms with van der Waals surface area (Å²) in [6.45, 7) is 0.0686. The maximum Gasteiger partial charge on any atom is 0.243 e. The summed E-state index contributed by atoms with van der Waals surface area (Å²) in [6.07, 6.45) is 0.519. The second-order valence-corrected chi connectivity index (χ2v) is 9.35. The summed E-state index contributed by atoms with van der Waals surface area (Å²) in [6, 6.07) is 11.4. The fourth-order valence-corrected chi connectivity index (χ4v) is 4.09.